The third-order valence-corrected chi connectivity index (χ3v) is 8.20. The fraction of sp³-hybridized carbons (Fsp3) is 0.394. The molecule has 1 saturated heterocycles. The molecule has 2 amide bonds. The lowest BCUT2D eigenvalue weighted by molar-refractivity contribution is 0.0429. The van der Waals surface area contributed by atoms with Gasteiger partial charge in [-0.2, -0.15) is 4.90 Å². The summed E-state index contributed by atoms with van der Waals surface area (Å²) in [6.45, 7) is 12.5. The summed E-state index contributed by atoms with van der Waals surface area (Å²) in [5.41, 5.74) is -0.567. The number of carbonyl (C=O) groups excluding carboxylic acids is 2. The number of nitrogens with zero attached hydrogens (tertiary/aromatic N) is 7. The van der Waals surface area contributed by atoms with E-state index in [9.17, 15) is 9.59 Å². The van der Waals surface area contributed by atoms with E-state index in [0.717, 1.165) is 39.7 Å². The predicted molar refractivity (Wildman–Crippen MR) is 182 cm³/mol. The number of fused-ring (bicyclic) bond motifs is 2. The number of hydrogen-bond donors (Lipinski definition) is 0. The molecule has 6 rings (SSSR count). The molecule has 0 aliphatic carbocycles. The number of imide groups is 1. The summed E-state index contributed by atoms with van der Waals surface area (Å²) >= 11 is 8.12. The fourth-order valence-electron chi connectivity index (χ4n) is 5.13. The van der Waals surface area contributed by atoms with Crippen LogP contribution < -0.4 is 14.5 Å². The predicted octanol–water partition coefficient (Wildman–Crippen LogP) is 7.93. The van der Waals surface area contributed by atoms with E-state index in [4.69, 9.17) is 35.8 Å². The molecular formula is C33H36ClN7O5S. The second kappa shape index (κ2) is 12.6. The smallest absolute Gasteiger partial charge is 0.425 e. The molecule has 47 heavy (non-hydrogen) atoms. The number of amides is 2. The highest BCUT2D eigenvalue weighted by Gasteiger charge is 2.36. The highest BCUT2D eigenvalue weighted by atomic mass is 35.5. The van der Waals surface area contributed by atoms with Gasteiger partial charge in [-0.25, -0.2) is 29.5 Å². The third kappa shape index (κ3) is 7.25. The molecule has 1 aromatic carbocycles. The van der Waals surface area contributed by atoms with Gasteiger partial charge in [0.1, 0.15) is 46.5 Å². The van der Waals surface area contributed by atoms with Crippen LogP contribution in [-0.2, 0) is 16.1 Å². The number of carbonyl (C=O) groups is 2. The van der Waals surface area contributed by atoms with E-state index in [2.05, 4.69) is 27.0 Å². The van der Waals surface area contributed by atoms with Crippen LogP contribution in [-0.4, -0.2) is 61.0 Å². The maximum atomic E-state index is 13.3. The number of rotatable bonds is 6. The number of aromatic nitrogens is 5. The van der Waals surface area contributed by atoms with Gasteiger partial charge in [-0.15, -0.1) is 11.3 Å². The van der Waals surface area contributed by atoms with Crippen molar-refractivity contribution in [2.75, 3.05) is 22.9 Å². The first-order chi connectivity index (χ1) is 22.3. The van der Waals surface area contributed by atoms with Crippen LogP contribution in [0.2, 0.25) is 5.02 Å². The third-order valence-electron chi connectivity index (χ3n) is 7.11. The average molecular weight is 678 g/mol. The number of benzene rings is 1. The van der Waals surface area contributed by atoms with Crippen molar-refractivity contribution in [2.24, 2.45) is 0 Å². The molecule has 4 aromatic heterocycles. The van der Waals surface area contributed by atoms with Gasteiger partial charge in [0.25, 0.3) is 0 Å². The first-order valence-electron chi connectivity index (χ1n) is 15.3. The molecule has 1 aliphatic rings. The number of hydrogen-bond acceptors (Lipinski definition) is 11. The zero-order valence-electron chi connectivity index (χ0n) is 27.1. The SMILES string of the molecule is CC(C)(C)OC(=O)N(C(=O)OC(C)(C)C)c1ncnc2c1c(Cl)cn2-c1csc(COc2ccc3ccc(N4CCCC4)nc3c2)n1. The summed E-state index contributed by atoms with van der Waals surface area (Å²) in [7, 11) is 0. The topological polar surface area (TPSA) is 125 Å². The van der Waals surface area contributed by atoms with Crippen LogP contribution in [0.4, 0.5) is 21.2 Å². The van der Waals surface area contributed by atoms with E-state index < -0.39 is 23.4 Å². The van der Waals surface area contributed by atoms with Crippen molar-refractivity contribution in [1.82, 2.24) is 24.5 Å². The summed E-state index contributed by atoms with van der Waals surface area (Å²) in [5, 5.41) is 4.07. The number of pyridine rings is 1. The number of anilines is 2. The second-order valence-electron chi connectivity index (χ2n) is 13.1. The molecule has 0 bridgehead atoms. The van der Waals surface area contributed by atoms with Gasteiger partial charge in [0, 0.05) is 36.1 Å². The minimum Gasteiger partial charge on any atom is -0.486 e. The Morgan fingerprint density at radius 1 is 0.936 bits per heavy atom. The zero-order valence-corrected chi connectivity index (χ0v) is 28.7. The van der Waals surface area contributed by atoms with Gasteiger partial charge in [0.15, 0.2) is 11.5 Å². The van der Waals surface area contributed by atoms with Crippen LogP contribution in [0, 0.1) is 0 Å². The van der Waals surface area contributed by atoms with Crippen molar-refractivity contribution in [3.63, 3.8) is 0 Å². The van der Waals surface area contributed by atoms with E-state index >= 15 is 0 Å². The van der Waals surface area contributed by atoms with E-state index in [1.807, 2.05) is 23.6 Å². The average Bonchev–Trinajstić information content (AvgIpc) is 3.75. The van der Waals surface area contributed by atoms with Gasteiger partial charge < -0.3 is 19.1 Å². The fourth-order valence-corrected chi connectivity index (χ4v) is 6.08. The van der Waals surface area contributed by atoms with Gasteiger partial charge in [0.05, 0.1) is 15.9 Å². The van der Waals surface area contributed by atoms with E-state index in [0.29, 0.717) is 17.2 Å². The van der Waals surface area contributed by atoms with Crippen molar-refractivity contribution in [2.45, 2.75) is 72.2 Å². The van der Waals surface area contributed by atoms with Crippen LogP contribution in [0.5, 0.6) is 5.75 Å². The van der Waals surface area contributed by atoms with Gasteiger partial charge in [0.2, 0.25) is 0 Å². The minimum absolute atomic E-state index is 0.0705. The summed E-state index contributed by atoms with van der Waals surface area (Å²) in [6, 6.07) is 10.0. The van der Waals surface area contributed by atoms with Crippen LogP contribution in [0.3, 0.4) is 0 Å². The zero-order chi connectivity index (χ0) is 33.5. The van der Waals surface area contributed by atoms with Gasteiger partial charge >= 0.3 is 12.2 Å². The Bertz CT molecular complexity index is 1930. The van der Waals surface area contributed by atoms with Crippen LogP contribution in [0.1, 0.15) is 59.4 Å². The van der Waals surface area contributed by atoms with E-state index in [1.54, 1.807) is 52.3 Å². The molecule has 14 heteroatoms. The van der Waals surface area contributed by atoms with Gasteiger partial charge in [-0.3, -0.25) is 4.57 Å². The highest BCUT2D eigenvalue weighted by molar-refractivity contribution is 7.09. The molecule has 12 nitrogen and oxygen atoms in total. The Labute approximate surface area is 281 Å². The first kappa shape index (κ1) is 32.5. The molecule has 0 N–H and O–H groups in total. The maximum Gasteiger partial charge on any atom is 0.425 e. The molecule has 5 aromatic rings. The second-order valence-corrected chi connectivity index (χ2v) is 14.5. The standard InChI is InChI=1S/C33H36ClN7O5S/c1-32(2,3)45-30(42)41(31(43)46-33(4,5)6)29-27-22(34)16-40(28(27)35-19-36-29)25-18-47-26(38-25)17-44-21-11-9-20-10-12-24(37-23(20)15-21)39-13-7-8-14-39/h9-12,15-16,18-19H,7-8,13-14,17H2,1-6H3. The van der Waals surface area contributed by atoms with Crippen LogP contribution >= 0.6 is 22.9 Å². The summed E-state index contributed by atoms with van der Waals surface area (Å²) < 4.78 is 18.9. The largest absolute Gasteiger partial charge is 0.486 e. The Kier molecular flexibility index (Phi) is 8.70. The highest BCUT2D eigenvalue weighted by Crippen LogP contribution is 2.35. The van der Waals surface area contributed by atoms with Crippen molar-refractivity contribution in [1.29, 1.82) is 0 Å². The summed E-state index contributed by atoms with van der Waals surface area (Å²) in [5.74, 6) is 2.14. The summed E-state index contributed by atoms with van der Waals surface area (Å²) in [4.78, 5) is 48.0. The number of ether oxygens (including phenoxy) is 3. The molecule has 1 fully saturated rings. The van der Waals surface area contributed by atoms with Crippen molar-refractivity contribution in [3.05, 3.63) is 58.3 Å². The molecule has 0 radical (unpaired) electrons. The Hall–Kier alpha value is -4.49. The number of halogens is 1. The van der Waals surface area contributed by atoms with Crippen molar-refractivity contribution >= 4 is 68.7 Å². The molecule has 1 aliphatic heterocycles. The first-order valence-corrected chi connectivity index (χ1v) is 16.5. The molecule has 0 saturated carbocycles. The Morgan fingerprint density at radius 3 is 2.30 bits per heavy atom. The van der Waals surface area contributed by atoms with Crippen LogP contribution in [0.15, 0.2) is 48.2 Å². The van der Waals surface area contributed by atoms with Crippen molar-refractivity contribution < 1.29 is 23.8 Å². The van der Waals surface area contributed by atoms with Gasteiger partial charge in [-0.05, 0) is 78.6 Å². The minimum atomic E-state index is -0.959. The van der Waals surface area contributed by atoms with Crippen LogP contribution in [0.25, 0.3) is 27.8 Å². The summed E-state index contributed by atoms with van der Waals surface area (Å²) in [6.07, 6.45) is 3.31. The van der Waals surface area contributed by atoms with E-state index in [-0.39, 0.29) is 22.8 Å². The van der Waals surface area contributed by atoms with Crippen molar-refractivity contribution in [3.8, 4) is 11.6 Å². The Balaban J connectivity index is 1.26. The molecule has 5 heterocycles. The molecule has 0 unspecified atom stereocenters. The lowest BCUT2D eigenvalue weighted by Gasteiger charge is -2.28. The molecular weight excluding hydrogens is 642 g/mol. The number of thiazole rings is 1. The quantitative estimate of drug-likeness (QED) is 0.175. The Morgan fingerprint density at radius 2 is 1.62 bits per heavy atom. The maximum absolute atomic E-state index is 13.3. The monoisotopic (exact) mass is 677 g/mol. The molecule has 246 valence electrons. The molecule has 0 atom stereocenters. The lowest BCUT2D eigenvalue weighted by atomic mass is 10.2. The normalized spacial score (nSPS) is 13.7. The van der Waals surface area contributed by atoms with Gasteiger partial charge in [-0.1, -0.05) is 11.6 Å². The van der Waals surface area contributed by atoms with E-state index in [1.165, 1.54) is 30.5 Å². The lowest BCUT2D eigenvalue weighted by Crippen LogP contribution is -2.44. The molecule has 0 spiro atoms.